The van der Waals surface area contributed by atoms with E-state index in [0.29, 0.717) is 37.9 Å². The molecule has 1 atom stereocenters. The standard InChI is InChI=1S/C22H24N4O3/c1-3-20-24-25-21(29-20)19-14-26(11-12-28-19)22(27)23-17-9-10-18(15(2)13-17)16-7-5-4-6-8-16/h4-10,13,19H,3,11-12,14H2,1-2H3,(H,23,27). The van der Waals surface area contributed by atoms with E-state index in [1.165, 1.54) is 0 Å². The van der Waals surface area contributed by atoms with Crippen molar-refractivity contribution < 1.29 is 13.9 Å². The fourth-order valence-corrected chi connectivity index (χ4v) is 3.41. The minimum absolute atomic E-state index is 0.166. The first kappa shape index (κ1) is 19.1. The van der Waals surface area contributed by atoms with Crippen LogP contribution in [-0.4, -0.2) is 40.8 Å². The number of hydrogen-bond acceptors (Lipinski definition) is 5. The van der Waals surface area contributed by atoms with Gasteiger partial charge >= 0.3 is 6.03 Å². The van der Waals surface area contributed by atoms with Crippen molar-refractivity contribution in [3.05, 3.63) is 65.9 Å². The van der Waals surface area contributed by atoms with Crippen LogP contribution in [0.1, 0.15) is 30.4 Å². The second-order valence-corrected chi connectivity index (χ2v) is 7.02. The fourth-order valence-electron chi connectivity index (χ4n) is 3.41. The molecule has 0 aliphatic carbocycles. The van der Waals surface area contributed by atoms with Gasteiger partial charge in [-0.25, -0.2) is 4.79 Å². The number of hydrogen-bond donors (Lipinski definition) is 1. The molecular weight excluding hydrogens is 368 g/mol. The quantitative estimate of drug-likeness (QED) is 0.719. The summed E-state index contributed by atoms with van der Waals surface area (Å²) in [7, 11) is 0. The zero-order valence-corrected chi connectivity index (χ0v) is 16.6. The average Bonchev–Trinajstić information content (AvgIpc) is 3.24. The molecule has 2 heterocycles. The zero-order valence-electron chi connectivity index (χ0n) is 16.6. The van der Waals surface area contributed by atoms with Crippen molar-refractivity contribution in [2.45, 2.75) is 26.4 Å². The van der Waals surface area contributed by atoms with Crippen LogP contribution in [0.4, 0.5) is 10.5 Å². The summed E-state index contributed by atoms with van der Waals surface area (Å²) in [6.07, 6.45) is 0.270. The molecule has 7 heteroatoms. The molecule has 0 bridgehead atoms. The molecule has 2 amide bonds. The minimum atomic E-state index is -0.399. The number of morpholine rings is 1. The van der Waals surface area contributed by atoms with Crippen molar-refractivity contribution in [2.24, 2.45) is 0 Å². The van der Waals surface area contributed by atoms with Crippen LogP contribution < -0.4 is 5.32 Å². The van der Waals surface area contributed by atoms with Crippen LogP contribution in [0.15, 0.2) is 52.9 Å². The lowest BCUT2D eigenvalue weighted by molar-refractivity contribution is -0.0275. The van der Waals surface area contributed by atoms with E-state index in [-0.39, 0.29) is 6.03 Å². The third kappa shape index (κ3) is 4.30. The van der Waals surface area contributed by atoms with Crippen molar-refractivity contribution >= 4 is 11.7 Å². The van der Waals surface area contributed by atoms with Crippen molar-refractivity contribution in [2.75, 3.05) is 25.0 Å². The number of benzene rings is 2. The lowest BCUT2D eigenvalue weighted by atomic mass is 10.0. The van der Waals surface area contributed by atoms with E-state index in [1.54, 1.807) is 4.90 Å². The van der Waals surface area contributed by atoms with E-state index in [1.807, 2.05) is 50.2 Å². The summed E-state index contributed by atoms with van der Waals surface area (Å²) in [5.41, 5.74) is 4.18. The van der Waals surface area contributed by atoms with Crippen LogP contribution in [0.3, 0.4) is 0 Å². The highest BCUT2D eigenvalue weighted by Gasteiger charge is 2.29. The van der Waals surface area contributed by atoms with E-state index in [4.69, 9.17) is 9.15 Å². The number of nitrogens with one attached hydrogen (secondary N) is 1. The summed E-state index contributed by atoms with van der Waals surface area (Å²) in [4.78, 5) is 14.5. The summed E-state index contributed by atoms with van der Waals surface area (Å²) >= 11 is 0. The highest BCUT2D eigenvalue weighted by atomic mass is 16.5. The highest BCUT2D eigenvalue weighted by Crippen LogP contribution is 2.26. The van der Waals surface area contributed by atoms with Crippen LogP contribution in [0.5, 0.6) is 0 Å². The second kappa shape index (κ2) is 8.45. The van der Waals surface area contributed by atoms with E-state index in [2.05, 4.69) is 27.6 Å². The van der Waals surface area contributed by atoms with Gasteiger partial charge in [-0.15, -0.1) is 10.2 Å². The number of rotatable bonds is 4. The topological polar surface area (TPSA) is 80.5 Å². The summed E-state index contributed by atoms with van der Waals surface area (Å²) in [6, 6.07) is 16.0. The summed E-state index contributed by atoms with van der Waals surface area (Å²) in [6.45, 7) is 5.30. The number of carbonyl (C=O) groups excluding carboxylic acids is 1. The summed E-state index contributed by atoms with van der Waals surface area (Å²) in [5, 5.41) is 11.0. The summed E-state index contributed by atoms with van der Waals surface area (Å²) in [5.74, 6) is 0.988. The normalized spacial score (nSPS) is 16.6. The van der Waals surface area contributed by atoms with Crippen molar-refractivity contribution in [3.63, 3.8) is 0 Å². The number of urea groups is 1. The fraction of sp³-hybridized carbons (Fsp3) is 0.318. The Morgan fingerprint density at radius 1 is 1.21 bits per heavy atom. The SMILES string of the molecule is CCc1nnc(C2CN(C(=O)Nc3ccc(-c4ccccc4)c(C)c3)CCO2)o1. The predicted octanol–water partition coefficient (Wildman–Crippen LogP) is 4.21. The van der Waals surface area contributed by atoms with Gasteiger partial charge in [0.05, 0.1) is 13.2 Å². The Bertz CT molecular complexity index is 987. The first-order valence-corrected chi connectivity index (χ1v) is 9.80. The molecule has 0 saturated carbocycles. The molecule has 1 aliphatic rings. The average molecular weight is 392 g/mol. The van der Waals surface area contributed by atoms with Gasteiger partial charge in [0.25, 0.3) is 0 Å². The lowest BCUT2D eigenvalue weighted by Gasteiger charge is -2.31. The molecule has 0 radical (unpaired) electrons. The Labute approximate surface area is 169 Å². The predicted molar refractivity (Wildman–Crippen MR) is 110 cm³/mol. The molecular formula is C22H24N4O3. The molecule has 1 aromatic heterocycles. The maximum absolute atomic E-state index is 12.8. The molecule has 1 fully saturated rings. The van der Waals surface area contributed by atoms with Gasteiger partial charge in [0, 0.05) is 18.7 Å². The zero-order chi connectivity index (χ0) is 20.2. The van der Waals surface area contributed by atoms with Gasteiger partial charge in [0.15, 0.2) is 6.10 Å². The molecule has 1 aliphatic heterocycles. The van der Waals surface area contributed by atoms with Gasteiger partial charge in [0.2, 0.25) is 11.8 Å². The number of nitrogens with zero attached hydrogens (tertiary/aromatic N) is 3. The smallest absolute Gasteiger partial charge is 0.322 e. The van der Waals surface area contributed by atoms with E-state index in [9.17, 15) is 4.79 Å². The van der Waals surface area contributed by atoms with Crippen LogP contribution in [-0.2, 0) is 11.2 Å². The molecule has 3 aromatic rings. The Morgan fingerprint density at radius 3 is 2.76 bits per heavy atom. The minimum Gasteiger partial charge on any atom is -0.422 e. The monoisotopic (exact) mass is 392 g/mol. The maximum Gasteiger partial charge on any atom is 0.322 e. The van der Waals surface area contributed by atoms with Crippen molar-refractivity contribution in [1.29, 1.82) is 0 Å². The van der Waals surface area contributed by atoms with Crippen LogP contribution in [0, 0.1) is 6.92 Å². The first-order valence-electron chi connectivity index (χ1n) is 9.80. The van der Waals surface area contributed by atoms with Crippen LogP contribution in [0.2, 0.25) is 0 Å². The molecule has 1 N–H and O–H groups in total. The van der Waals surface area contributed by atoms with E-state index >= 15 is 0 Å². The number of carbonyl (C=O) groups is 1. The molecule has 2 aromatic carbocycles. The third-order valence-electron chi connectivity index (χ3n) is 4.98. The van der Waals surface area contributed by atoms with Gasteiger partial charge in [-0.1, -0.05) is 43.3 Å². The Kier molecular flexibility index (Phi) is 5.57. The number of ether oxygens (including phenoxy) is 1. The van der Waals surface area contributed by atoms with E-state index < -0.39 is 6.10 Å². The second-order valence-electron chi connectivity index (χ2n) is 7.02. The molecule has 0 spiro atoms. The van der Waals surface area contributed by atoms with Crippen LogP contribution in [0.25, 0.3) is 11.1 Å². The molecule has 7 nitrogen and oxygen atoms in total. The van der Waals surface area contributed by atoms with Gasteiger partial charge in [-0.3, -0.25) is 0 Å². The first-order chi connectivity index (χ1) is 14.1. The molecule has 29 heavy (non-hydrogen) atoms. The molecule has 150 valence electrons. The van der Waals surface area contributed by atoms with Crippen LogP contribution >= 0.6 is 0 Å². The summed E-state index contributed by atoms with van der Waals surface area (Å²) < 4.78 is 11.3. The van der Waals surface area contributed by atoms with Gasteiger partial charge in [-0.05, 0) is 35.7 Å². The number of anilines is 1. The molecule has 1 saturated heterocycles. The Hall–Kier alpha value is -3.19. The van der Waals surface area contributed by atoms with Gasteiger partial charge in [-0.2, -0.15) is 0 Å². The lowest BCUT2D eigenvalue weighted by Crippen LogP contribution is -2.44. The highest BCUT2D eigenvalue weighted by molar-refractivity contribution is 5.90. The largest absolute Gasteiger partial charge is 0.422 e. The number of amides is 2. The number of aromatic nitrogens is 2. The molecule has 1 unspecified atom stereocenters. The third-order valence-corrected chi connectivity index (χ3v) is 4.98. The number of aryl methyl sites for hydroxylation is 2. The van der Waals surface area contributed by atoms with Gasteiger partial charge < -0.3 is 19.4 Å². The molecule has 4 rings (SSSR count). The van der Waals surface area contributed by atoms with Crippen molar-refractivity contribution in [1.82, 2.24) is 15.1 Å². The van der Waals surface area contributed by atoms with Gasteiger partial charge in [0.1, 0.15) is 0 Å². The Balaban J connectivity index is 1.43. The maximum atomic E-state index is 12.8. The van der Waals surface area contributed by atoms with Crippen molar-refractivity contribution in [3.8, 4) is 11.1 Å². The van der Waals surface area contributed by atoms with E-state index in [0.717, 1.165) is 22.4 Å². The Morgan fingerprint density at radius 2 is 2.03 bits per heavy atom.